The van der Waals surface area contributed by atoms with Gasteiger partial charge in [0.05, 0.1) is 25.7 Å². The Morgan fingerprint density at radius 2 is 1.28 bits per heavy atom. The molecule has 8 heteroatoms. The first-order valence-electron chi connectivity index (χ1n) is 5.84. The van der Waals surface area contributed by atoms with Gasteiger partial charge in [0.1, 0.15) is 0 Å². The maximum atomic E-state index is 10.9. The van der Waals surface area contributed by atoms with Gasteiger partial charge in [-0.1, -0.05) is 6.42 Å². The van der Waals surface area contributed by atoms with Crippen molar-refractivity contribution in [3.05, 3.63) is 0 Å². The van der Waals surface area contributed by atoms with E-state index in [0.717, 1.165) is 38.2 Å². The number of hydrogen-bond donors (Lipinski definition) is 0. The van der Waals surface area contributed by atoms with Crippen LogP contribution in [0, 0.1) is 11.8 Å². The first-order valence-corrected chi connectivity index (χ1v) is 9.48. The maximum Gasteiger partial charge on any atom is 0.264 e. The summed E-state index contributed by atoms with van der Waals surface area (Å²) in [5.41, 5.74) is 0. The monoisotopic (exact) mass is 300 g/mol. The van der Waals surface area contributed by atoms with Gasteiger partial charge in [-0.25, -0.2) is 0 Å². The van der Waals surface area contributed by atoms with E-state index in [1.165, 1.54) is 0 Å². The fourth-order valence-corrected chi connectivity index (χ4v) is 3.02. The van der Waals surface area contributed by atoms with E-state index in [2.05, 4.69) is 0 Å². The second kappa shape index (κ2) is 6.31. The van der Waals surface area contributed by atoms with Crippen LogP contribution in [-0.4, -0.2) is 42.6 Å². The van der Waals surface area contributed by atoms with Crippen LogP contribution in [0.15, 0.2) is 0 Å². The van der Waals surface area contributed by atoms with Crippen molar-refractivity contribution in [1.29, 1.82) is 0 Å². The number of hydrogen-bond acceptors (Lipinski definition) is 6. The van der Waals surface area contributed by atoms with Crippen molar-refractivity contribution in [2.75, 3.05) is 25.7 Å². The quantitative estimate of drug-likeness (QED) is 0.673. The molecule has 0 amide bonds. The summed E-state index contributed by atoms with van der Waals surface area (Å²) in [5, 5.41) is 0. The molecule has 1 aliphatic carbocycles. The molecular weight excluding hydrogens is 280 g/mol. The van der Waals surface area contributed by atoms with Crippen LogP contribution in [0.2, 0.25) is 0 Å². The first kappa shape index (κ1) is 15.9. The summed E-state index contributed by atoms with van der Waals surface area (Å²) in [5.74, 6) is 0.309. The molecule has 0 bridgehead atoms. The number of rotatable bonds is 6. The lowest BCUT2D eigenvalue weighted by Crippen LogP contribution is -2.24. The van der Waals surface area contributed by atoms with Crippen molar-refractivity contribution in [2.45, 2.75) is 25.7 Å². The zero-order valence-corrected chi connectivity index (χ0v) is 12.3. The lowest BCUT2D eigenvalue weighted by Gasteiger charge is -2.28. The molecule has 0 aromatic carbocycles. The van der Waals surface area contributed by atoms with Crippen LogP contribution < -0.4 is 0 Å². The highest BCUT2D eigenvalue weighted by Gasteiger charge is 2.24. The maximum absolute atomic E-state index is 10.9. The molecule has 0 saturated heterocycles. The van der Waals surface area contributed by atoms with Crippen molar-refractivity contribution in [3.8, 4) is 0 Å². The molecule has 6 nitrogen and oxygen atoms in total. The fourth-order valence-electron chi connectivity index (χ4n) is 2.14. The van der Waals surface area contributed by atoms with Crippen LogP contribution in [0.25, 0.3) is 0 Å². The normalized spacial score (nSPS) is 26.1. The van der Waals surface area contributed by atoms with Gasteiger partial charge in [0, 0.05) is 0 Å². The van der Waals surface area contributed by atoms with Gasteiger partial charge in [-0.2, -0.15) is 16.8 Å². The van der Waals surface area contributed by atoms with E-state index in [-0.39, 0.29) is 25.0 Å². The minimum Gasteiger partial charge on any atom is -0.270 e. The van der Waals surface area contributed by atoms with E-state index < -0.39 is 20.2 Å². The van der Waals surface area contributed by atoms with Gasteiger partial charge in [0.15, 0.2) is 0 Å². The van der Waals surface area contributed by atoms with Crippen molar-refractivity contribution in [3.63, 3.8) is 0 Å². The van der Waals surface area contributed by atoms with Gasteiger partial charge in [0.25, 0.3) is 20.2 Å². The van der Waals surface area contributed by atoms with Crippen LogP contribution in [-0.2, 0) is 28.6 Å². The van der Waals surface area contributed by atoms with Crippen molar-refractivity contribution in [2.24, 2.45) is 11.8 Å². The van der Waals surface area contributed by atoms with Crippen molar-refractivity contribution in [1.82, 2.24) is 0 Å². The highest BCUT2D eigenvalue weighted by Crippen LogP contribution is 2.29. The van der Waals surface area contributed by atoms with E-state index in [1.807, 2.05) is 0 Å². The minimum atomic E-state index is -3.40. The molecule has 108 valence electrons. The van der Waals surface area contributed by atoms with Crippen LogP contribution in [0.1, 0.15) is 25.7 Å². The Labute approximate surface area is 109 Å². The topological polar surface area (TPSA) is 86.7 Å². The van der Waals surface area contributed by atoms with Gasteiger partial charge < -0.3 is 0 Å². The van der Waals surface area contributed by atoms with Gasteiger partial charge >= 0.3 is 0 Å². The molecular formula is C10H20O6S2. The zero-order valence-electron chi connectivity index (χ0n) is 10.7. The Morgan fingerprint density at radius 3 is 1.61 bits per heavy atom. The summed E-state index contributed by atoms with van der Waals surface area (Å²) in [6.07, 6.45) is 5.55. The van der Waals surface area contributed by atoms with E-state index >= 15 is 0 Å². The SMILES string of the molecule is CS(=O)(=O)OC[C@H]1CCC[C@@H](COS(C)(=O)=O)C1. The summed E-state index contributed by atoms with van der Waals surface area (Å²) in [6.45, 7) is 0.350. The van der Waals surface area contributed by atoms with E-state index in [4.69, 9.17) is 8.37 Å². The van der Waals surface area contributed by atoms with E-state index in [9.17, 15) is 16.8 Å². The lowest BCUT2D eigenvalue weighted by molar-refractivity contribution is 0.144. The van der Waals surface area contributed by atoms with Gasteiger partial charge in [-0.15, -0.1) is 0 Å². The lowest BCUT2D eigenvalue weighted by atomic mass is 9.82. The Kier molecular flexibility index (Phi) is 5.57. The third-order valence-electron chi connectivity index (χ3n) is 2.93. The molecule has 0 spiro atoms. The van der Waals surface area contributed by atoms with E-state index in [1.54, 1.807) is 0 Å². The molecule has 2 atom stereocenters. The van der Waals surface area contributed by atoms with Crippen molar-refractivity contribution >= 4 is 20.2 Å². The van der Waals surface area contributed by atoms with Gasteiger partial charge in [-0.05, 0) is 31.1 Å². The Bertz CT molecular complexity index is 411. The standard InChI is InChI=1S/C10H20O6S2/c1-17(11,12)15-7-9-4-3-5-10(6-9)8-16-18(2,13)14/h9-10H,3-8H2,1-2H3/t9-,10+. The molecule has 1 saturated carbocycles. The molecule has 0 aliphatic heterocycles. The Morgan fingerprint density at radius 1 is 0.889 bits per heavy atom. The Balaban J connectivity index is 2.37. The van der Waals surface area contributed by atoms with Crippen molar-refractivity contribution < 1.29 is 25.2 Å². The summed E-state index contributed by atoms with van der Waals surface area (Å²) < 4.78 is 53.1. The molecule has 0 N–H and O–H groups in total. The molecule has 0 aromatic heterocycles. The highest BCUT2D eigenvalue weighted by molar-refractivity contribution is 7.86. The summed E-state index contributed by atoms with van der Waals surface area (Å²) in [7, 11) is -6.81. The second-order valence-electron chi connectivity index (χ2n) is 4.88. The molecule has 0 unspecified atom stereocenters. The van der Waals surface area contributed by atoms with Crippen LogP contribution in [0.3, 0.4) is 0 Å². The minimum absolute atomic E-state index is 0.154. The Hall–Kier alpha value is -0.180. The van der Waals surface area contributed by atoms with Crippen LogP contribution >= 0.6 is 0 Å². The second-order valence-corrected chi connectivity index (χ2v) is 8.16. The smallest absolute Gasteiger partial charge is 0.264 e. The predicted octanol–water partition coefficient (Wildman–Crippen LogP) is 0.745. The first-order chi connectivity index (χ1) is 8.16. The molecule has 0 radical (unpaired) electrons. The predicted molar refractivity (Wildman–Crippen MR) is 67.0 cm³/mol. The molecule has 0 aromatic rings. The van der Waals surface area contributed by atoms with E-state index in [0.29, 0.717) is 0 Å². The van der Waals surface area contributed by atoms with Gasteiger partial charge in [-0.3, -0.25) is 8.37 Å². The van der Waals surface area contributed by atoms with Crippen LogP contribution in [0.5, 0.6) is 0 Å². The molecule has 1 fully saturated rings. The van der Waals surface area contributed by atoms with Crippen LogP contribution in [0.4, 0.5) is 0 Å². The molecule has 18 heavy (non-hydrogen) atoms. The largest absolute Gasteiger partial charge is 0.270 e. The third-order valence-corrected chi connectivity index (χ3v) is 4.06. The average Bonchev–Trinajstić information content (AvgIpc) is 2.22. The highest BCUT2D eigenvalue weighted by atomic mass is 32.2. The molecule has 1 rings (SSSR count). The summed E-state index contributed by atoms with van der Waals surface area (Å²) in [6, 6.07) is 0. The summed E-state index contributed by atoms with van der Waals surface area (Å²) >= 11 is 0. The fraction of sp³-hybridized carbons (Fsp3) is 1.00. The molecule has 0 heterocycles. The summed E-state index contributed by atoms with van der Waals surface area (Å²) in [4.78, 5) is 0. The molecule has 1 aliphatic rings. The zero-order chi connectivity index (χ0) is 13.8. The average molecular weight is 300 g/mol. The third kappa shape index (κ3) is 7.30. The van der Waals surface area contributed by atoms with Gasteiger partial charge in [0.2, 0.25) is 0 Å².